The van der Waals surface area contributed by atoms with E-state index >= 15 is 0 Å². The third kappa shape index (κ3) is 3.46. The molecule has 0 unspecified atom stereocenters. The van der Waals surface area contributed by atoms with Crippen LogP contribution in [0.15, 0.2) is 4.99 Å². The number of aliphatic imine (C=N–C) groups is 1. The third-order valence-electron chi connectivity index (χ3n) is 0.814. The summed E-state index contributed by atoms with van der Waals surface area (Å²) in [5.74, 6) is 0. The monoisotopic (exact) mass is 100 g/mol. The van der Waals surface area contributed by atoms with Gasteiger partial charge in [0.15, 0.2) is 0 Å². The topological polar surface area (TPSA) is 24.4 Å². The van der Waals surface area contributed by atoms with Gasteiger partial charge in [-0.05, 0) is 14.0 Å². The highest BCUT2D eigenvalue weighted by Crippen LogP contribution is 1.67. The maximum atomic E-state index is 3.93. The largest absolute Gasteiger partial charge is 0.315 e. The summed E-state index contributed by atoms with van der Waals surface area (Å²) in [5.41, 5.74) is 1.14. The maximum absolute atomic E-state index is 3.93. The highest BCUT2D eigenvalue weighted by Gasteiger charge is 1.80. The van der Waals surface area contributed by atoms with Crippen LogP contribution < -0.4 is 5.32 Å². The molecule has 0 spiro atoms. The average molecular weight is 100 g/mol. The second kappa shape index (κ2) is 3.81. The number of hydrogen-bond acceptors (Lipinski definition) is 2. The molecule has 0 amide bonds. The Balaban J connectivity index is 3.17. The van der Waals surface area contributed by atoms with E-state index < -0.39 is 0 Å². The molecule has 0 radical (unpaired) electrons. The summed E-state index contributed by atoms with van der Waals surface area (Å²) in [6.45, 7) is 2.90. The molecule has 0 heterocycles. The molecule has 42 valence electrons. The summed E-state index contributed by atoms with van der Waals surface area (Å²) >= 11 is 0. The van der Waals surface area contributed by atoms with Crippen molar-refractivity contribution in [3.05, 3.63) is 0 Å². The number of nitrogens with one attached hydrogen (secondary N) is 1. The fourth-order valence-corrected chi connectivity index (χ4v) is 0.335. The minimum absolute atomic E-state index is 0.899. The summed E-state index contributed by atoms with van der Waals surface area (Å²) in [7, 11) is 3.71. The van der Waals surface area contributed by atoms with Gasteiger partial charge in [0, 0.05) is 19.3 Å². The van der Waals surface area contributed by atoms with Crippen LogP contribution in [0.25, 0.3) is 0 Å². The maximum Gasteiger partial charge on any atom is 0.0329 e. The smallest absolute Gasteiger partial charge is 0.0329 e. The van der Waals surface area contributed by atoms with Crippen LogP contribution in [0, 0.1) is 0 Å². The van der Waals surface area contributed by atoms with Gasteiger partial charge in [-0.2, -0.15) is 0 Å². The highest BCUT2D eigenvalue weighted by atomic mass is 14.8. The van der Waals surface area contributed by atoms with Gasteiger partial charge >= 0.3 is 0 Å². The van der Waals surface area contributed by atoms with Crippen molar-refractivity contribution >= 4 is 5.71 Å². The molecular weight excluding hydrogens is 88.1 g/mol. The van der Waals surface area contributed by atoms with E-state index in [1.165, 1.54) is 0 Å². The van der Waals surface area contributed by atoms with E-state index in [4.69, 9.17) is 0 Å². The molecule has 0 saturated carbocycles. The summed E-state index contributed by atoms with van der Waals surface area (Å²) in [4.78, 5) is 3.93. The number of nitrogens with zero attached hydrogens (tertiary/aromatic N) is 1. The van der Waals surface area contributed by atoms with Gasteiger partial charge in [-0.15, -0.1) is 0 Å². The molecule has 0 aromatic rings. The van der Waals surface area contributed by atoms with Crippen LogP contribution in [0.4, 0.5) is 0 Å². The van der Waals surface area contributed by atoms with E-state index in [0.29, 0.717) is 0 Å². The first kappa shape index (κ1) is 6.63. The second-order valence-corrected chi connectivity index (χ2v) is 1.49. The first-order valence-corrected chi connectivity index (χ1v) is 2.38. The number of rotatable bonds is 2. The lowest BCUT2D eigenvalue weighted by atomic mass is 10.4. The molecule has 0 aliphatic heterocycles. The van der Waals surface area contributed by atoms with Crippen LogP contribution in [0.5, 0.6) is 0 Å². The number of hydrogen-bond donors (Lipinski definition) is 1. The molecule has 0 bridgehead atoms. The molecule has 7 heavy (non-hydrogen) atoms. The van der Waals surface area contributed by atoms with Gasteiger partial charge in [0.1, 0.15) is 0 Å². The van der Waals surface area contributed by atoms with Crippen molar-refractivity contribution in [1.82, 2.24) is 5.32 Å². The van der Waals surface area contributed by atoms with Crippen molar-refractivity contribution in [3.63, 3.8) is 0 Å². The lowest BCUT2D eigenvalue weighted by Crippen LogP contribution is -2.15. The van der Waals surface area contributed by atoms with Crippen molar-refractivity contribution in [2.45, 2.75) is 6.92 Å². The molecule has 0 atom stereocenters. The Bertz CT molecular complexity index is 66.5. The molecule has 1 N–H and O–H groups in total. The predicted molar refractivity (Wildman–Crippen MR) is 33.0 cm³/mol. The van der Waals surface area contributed by atoms with Crippen molar-refractivity contribution in [2.75, 3.05) is 20.6 Å². The zero-order valence-corrected chi connectivity index (χ0v) is 5.15. The van der Waals surface area contributed by atoms with E-state index in [1.54, 1.807) is 7.05 Å². The van der Waals surface area contributed by atoms with Crippen LogP contribution >= 0.6 is 0 Å². The molecule has 2 heteroatoms. The van der Waals surface area contributed by atoms with Crippen LogP contribution in [0.2, 0.25) is 0 Å². The van der Waals surface area contributed by atoms with Gasteiger partial charge in [-0.3, -0.25) is 4.99 Å². The minimum atomic E-state index is 0.899. The van der Waals surface area contributed by atoms with Gasteiger partial charge < -0.3 is 5.32 Å². The third-order valence-corrected chi connectivity index (χ3v) is 0.814. The van der Waals surface area contributed by atoms with Crippen LogP contribution in [0.3, 0.4) is 0 Å². The van der Waals surface area contributed by atoms with E-state index in [1.807, 2.05) is 14.0 Å². The van der Waals surface area contributed by atoms with Gasteiger partial charge in [0.25, 0.3) is 0 Å². The van der Waals surface area contributed by atoms with Gasteiger partial charge in [-0.25, -0.2) is 0 Å². The van der Waals surface area contributed by atoms with E-state index in [2.05, 4.69) is 10.3 Å². The lowest BCUT2D eigenvalue weighted by Gasteiger charge is -1.92. The van der Waals surface area contributed by atoms with E-state index in [-0.39, 0.29) is 0 Å². The van der Waals surface area contributed by atoms with Gasteiger partial charge in [0.05, 0.1) is 0 Å². The summed E-state index contributed by atoms with van der Waals surface area (Å²) in [5, 5.41) is 2.99. The Morgan fingerprint density at radius 1 is 1.71 bits per heavy atom. The second-order valence-electron chi connectivity index (χ2n) is 1.49. The van der Waals surface area contributed by atoms with Gasteiger partial charge in [-0.1, -0.05) is 0 Å². The highest BCUT2D eigenvalue weighted by molar-refractivity contribution is 5.83. The van der Waals surface area contributed by atoms with Crippen molar-refractivity contribution < 1.29 is 0 Å². The Morgan fingerprint density at radius 2 is 2.29 bits per heavy atom. The van der Waals surface area contributed by atoms with E-state index in [0.717, 1.165) is 12.3 Å². The van der Waals surface area contributed by atoms with Crippen LogP contribution in [-0.4, -0.2) is 26.4 Å². The van der Waals surface area contributed by atoms with Gasteiger partial charge in [0.2, 0.25) is 0 Å². The lowest BCUT2D eigenvalue weighted by molar-refractivity contribution is 0.941. The van der Waals surface area contributed by atoms with E-state index in [9.17, 15) is 0 Å². The van der Waals surface area contributed by atoms with Crippen molar-refractivity contribution in [1.29, 1.82) is 0 Å². The Morgan fingerprint density at radius 3 is 2.43 bits per heavy atom. The molecule has 0 fully saturated rings. The molecule has 0 saturated heterocycles. The molecule has 0 rings (SSSR count). The van der Waals surface area contributed by atoms with Crippen molar-refractivity contribution in [2.24, 2.45) is 4.99 Å². The fourth-order valence-electron chi connectivity index (χ4n) is 0.335. The van der Waals surface area contributed by atoms with Crippen LogP contribution in [0.1, 0.15) is 6.92 Å². The summed E-state index contributed by atoms with van der Waals surface area (Å²) in [6.07, 6.45) is 0. The molecule has 0 aliphatic carbocycles. The first-order valence-electron chi connectivity index (χ1n) is 2.38. The Hall–Kier alpha value is -0.370. The van der Waals surface area contributed by atoms with Crippen LogP contribution in [-0.2, 0) is 0 Å². The Labute approximate surface area is 44.6 Å². The normalized spacial score (nSPS) is 12.1. The van der Waals surface area contributed by atoms with Crippen molar-refractivity contribution in [3.8, 4) is 0 Å². The molecule has 2 nitrogen and oxygen atoms in total. The quantitative estimate of drug-likeness (QED) is 0.496. The fraction of sp³-hybridized carbons (Fsp3) is 0.800. The Kier molecular flexibility index (Phi) is 3.61. The predicted octanol–water partition coefficient (Wildman–Crippen LogP) is 0.297. The summed E-state index contributed by atoms with van der Waals surface area (Å²) in [6, 6.07) is 0. The zero-order chi connectivity index (χ0) is 5.70. The minimum Gasteiger partial charge on any atom is -0.315 e. The molecule has 0 aromatic heterocycles. The molecule has 0 aromatic carbocycles. The zero-order valence-electron chi connectivity index (χ0n) is 5.15. The first-order chi connectivity index (χ1) is 3.31. The average Bonchev–Trinajstić information content (AvgIpc) is 1.68. The summed E-state index contributed by atoms with van der Waals surface area (Å²) < 4.78 is 0. The standard InChI is InChI=1S/C5H12N2/c1-5(7-3)4-6-2/h6H,4H2,1-3H3/b7-5+. The SMILES string of the molecule is C/N=C(\C)CNC. The molecular formula is C5H12N2. The molecule has 0 aliphatic rings.